The Bertz CT molecular complexity index is 730. The number of carbonyl (C=O) groups excluding carboxylic acids is 2. The summed E-state index contributed by atoms with van der Waals surface area (Å²) < 4.78 is 16.8. The lowest BCUT2D eigenvalue weighted by Gasteiger charge is -2.30. The molecule has 0 bridgehead atoms. The summed E-state index contributed by atoms with van der Waals surface area (Å²) in [5.74, 6) is -0.00463. The second kappa shape index (κ2) is 35.2. The average molecular weight is 695 g/mol. The van der Waals surface area contributed by atoms with Gasteiger partial charge in [0.1, 0.15) is 6.10 Å². The Morgan fingerprint density at radius 1 is 0.592 bits per heavy atom. The van der Waals surface area contributed by atoms with Crippen LogP contribution >= 0.6 is 0 Å². The molecule has 0 aromatic heterocycles. The van der Waals surface area contributed by atoms with Crippen molar-refractivity contribution in [2.75, 3.05) is 59.1 Å². The van der Waals surface area contributed by atoms with Crippen molar-refractivity contribution in [1.82, 2.24) is 9.80 Å². The van der Waals surface area contributed by atoms with Crippen molar-refractivity contribution in [3.8, 4) is 0 Å². The minimum absolute atomic E-state index is 0.00542. The first-order valence-corrected chi connectivity index (χ1v) is 21.5. The number of unbranched alkanes of at least 4 members (excludes halogenated alkanes) is 19. The molecule has 7 heteroatoms. The van der Waals surface area contributed by atoms with Gasteiger partial charge in [-0.05, 0) is 64.5 Å². The molecule has 1 rings (SSSR count). The second-order valence-corrected chi connectivity index (χ2v) is 14.7. The van der Waals surface area contributed by atoms with Crippen molar-refractivity contribution < 1.29 is 23.8 Å². The Hall–Kier alpha value is -1.18. The van der Waals surface area contributed by atoms with Crippen LogP contribution in [0.1, 0.15) is 194 Å². The van der Waals surface area contributed by atoms with Crippen LogP contribution in [0, 0.1) is 0 Å². The lowest BCUT2D eigenvalue weighted by Crippen LogP contribution is -2.41. The summed E-state index contributed by atoms with van der Waals surface area (Å²) in [5.41, 5.74) is 0. The van der Waals surface area contributed by atoms with Gasteiger partial charge in [-0.3, -0.25) is 14.5 Å². The second-order valence-electron chi connectivity index (χ2n) is 14.7. The van der Waals surface area contributed by atoms with Crippen LogP contribution in [0.4, 0.5) is 0 Å². The highest BCUT2D eigenvalue weighted by atomic mass is 16.5. The van der Waals surface area contributed by atoms with Gasteiger partial charge in [0, 0.05) is 39.0 Å². The maximum Gasteiger partial charge on any atom is 0.306 e. The minimum Gasteiger partial charge on any atom is -0.466 e. The number of morpholine rings is 1. The van der Waals surface area contributed by atoms with Crippen LogP contribution < -0.4 is 0 Å². The van der Waals surface area contributed by atoms with Crippen molar-refractivity contribution in [3.05, 3.63) is 0 Å². The van der Waals surface area contributed by atoms with E-state index in [4.69, 9.17) is 14.2 Å². The van der Waals surface area contributed by atoms with Gasteiger partial charge in [-0.25, -0.2) is 0 Å². The number of ether oxygens (including phenoxy) is 3. The summed E-state index contributed by atoms with van der Waals surface area (Å²) in [7, 11) is 0. The summed E-state index contributed by atoms with van der Waals surface area (Å²) in [5, 5.41) is 0. The lowest BCUT2D eigenvalue weighted by molar-refractivity contribution is -0.149. The van der Waals surface area contributed by atoms with Crippen LogP contribution in [0.3, 0.4) is 0 Å². The number of carbonyl (C=O) groups is 2. The van der Waals surface area contributed by atoms with Gasteiger partial charge >= 0.3 is 11.9 Å². The molecular formula is C42H82N2O5. The molecule has 0 spiro atoms. The monoisotopic (exact) mass is 695 g/mol. The fraction of sp³-hybridized carbons (Fsp3) is 0.952. The van der Waals surface area contributed by atoms with E-state index in [2.05, 4.69) is 30.6 Å². The summed E-state index contributed by atoms with van der Waals surface area (Å²) in [6.07, 6.45) is 31.1. The van der Waals surface area contributed by atoms with Crippen LogP contribution in [0.2, 0.25) is 0 Å². The summed E-state index contributed by atoms with van der Waals surface area (Å²) in [6.45, 7) is 15.6. The third-order valence-corrected chi connectivity index (χ3v) is 10.2. The fourth-order valence-corrected chi connectivity index (χ4v) is 6.77. The largest absolute Gasteiger partial charge is 0.466 e. The van der Waals surface area contributed by atoms with E-state index < -0.39 is 0 Å². The quantitative estimate of drug-likeness (QED) is 0.0477. The molecule has 0 aromatic rings. The van der Waals surface area contributed by atoms with E-state index in [-0.39, 0.29) is 18.0 Å². The van der Waals surface area contributed by atoms with E-state index in [1.54, 1.807) is 0 Å². The molecule has 1 atom stereocenters. The number of rotatable bonds is 36. The van der Waals surface area contributed by atoms with Crippen LogP contribution in [0.25, 0.3) is 0 Å². The van der Waals surface area contributed by atoms with Crippen LogP contribution in [-0.2, 0) is 23.8 Å². The molecule has 0 saturated carbocycles. The maximum absolute atomic E-state index is 12.4. The Balaban J connectivity index is 2.14. The predicted molar refractivity (Wildman–Crippen MR) is 206 cm³/mol. The minimum atomic E-state index is -0.0101. The summed E-state index contributed by atoms with van der Waals surface area (Å²) in [6, 6.07) is 0. The zero-order valence-electron chi connectivity index (χ0n) is 33.0. The van der Waals surface area contributed by atoms with Crippen molar-refractivity contribution in [2.24, 2.45) is 0 Å². The van der Waals surface area contributed by atoms with E-state index in [1.165, 1.54) is 116 Å². The van der Waals surface area contributed by atoms with Crippen molar-refractivity contribution in [1.29, 1.82) is 0 Å². The molecule has 0 aliphatic carbocycles. The summed E-state index contributed by atoms with van der Waals surface area (Å²) >= 11 is 0. The number of nitrogens with zero attached hydrogens (tertiary/aromatic N) is 2. The van der Waals surface area contributed by atoms with Gasteiger partial charge in [0.15, 0.2) is 0 Å². The van der Waals surface area contributed by atoms with E-state index in [0.29, 0.717) is 19.4 Å². The Labute approximate surface area is 304 Å². The molecule has 49 heavy (non-hydrogen) atoms. The van der Waals surface area contributed by atoms with Crippen molar-refractivity contribution in [2.45, 2.75) is 200 Å². The van der Waals surface area contributed by atoms with Gasteiger partial charge in [0.05, 0.1) is 19.8 Å². The number of hydrogen-bond donors (Lipinski definition) is 0. The first kappa shape index (κ1) is 45.8. The van der Waals surface area contributed by atoms with E-state index in [1.807, 2.05) is 0 Å². The third kappa shape index (κ3) is 30.2. The molecule has 0 radical (unpaired) electrons. The zero-order chi connectivity index (χ0) is 35.5. The average Bonchev–Trinajstić information content (AvgIpc) is 3.11. The Kier molecular flexibility index (Phi) is 33.0. The zero-order valence-corrected chi connectivity index (χ0v) is 33.0. The van der Waals surface area contributed by atoms with E-state index in [9.17, 15) is 9.59 Å². The highest BCUT2D eigenvalue weighted by Crippen LogP contribution is 2.15. The molecule has 0 aromatic carbocycles. The van der Waals surface area contributed by atoms with Gasteiger partial charge in [-0.1, -0.05) is 130 Å². The molecule has 1 heterocycles. The first-order valence-electron chi connectivity index (χ1n) is 21.5. The molecule has 1 aliphatic rings. The van der Waals surface area contributed by atoms with Gasteiger partial charge in [0.25, 0.3) is 0 Å². The van der Waals surface area contributed by atoms with Gasteiger partial charge in [0.2, 0.25) is 0 Å². The summed E-state index contributed by atoms with van der Waals surface area (Å²) in [4.78, 5) is 29.7. The molecule has 1 aliphatic heterocycles. The maximum atomic E-state index is 12.4. The molecule has 0 N–H and O–H groups in total. The number of hydrogen-bond acceptors (Lipinski definition) is 7. The van der Waals surface area contributed by atoms with Gasteiger partial charge in [-0.2, -0.15) is 0 Å². The molecule has 1 fully saturated rings. The lowest BCUT2D eigenvalue weighted by atomic mass is 10.1. The normalized spacial score (nSPS) is 14.4. The van der Waals surface area contributed by atoms with Crippen molar-refractivity contribution >= 4 is 11.9 Å². The SMILES string of the molecule is CCCCCCCCCOC(=O)CCCCCCCN(CCCCCCCC(=O)OC(CC)CCCCCCCC)CCN1CCOCC1. The standard InChI is InChI=1S/C42H82N2O5/c1-4-7-9-11-13-21-27-37-48-41(45)29-23-17-14-19-25-31-43(33-34-44-35-38-47-39-36-44)32-26-20-15-18-24-30-42(46)49-40(6-3)28-22-16-12-10-8-5-2/h40H,4-39H2,1-3H3. The highest BCUT2D eigenvalue weighted by molar-refractivity contribution is 5.69. The van der Waals surface area contributed by atoms with E-state index >= 15 is 0 Å². The first-order chi connectivity index (χ1) is 24.1. The van der Waals surface area contributed by atoms with Crippen LogP contribution in [0.15, 0.2) is 0 Å². The van der Waals surface area contributed by atoms with Crippen molar-refractivity contribution in [3.63, 3.8) is 0 Å². The van der Waals surface area contributed by atoms with Gasteiger partial charge in [-0.15, -0.1) is 0 Å². The van der Waals surface area contributed by atoms with Crippen LogP contribution in [0.5, 0.6) is 0 Å². The van der Waals surface area contributed by atoms with Crippen LogP contribution in [-0.4, -0.2) is 86.9 Å². The van der Waals surface area contributed by atoms with E-state index in [0.717, 1.165) is 97.4 Å². The Morgan fingerprint density at radius 2 is 1.08 bits per heavy atom. The topological polar surface area (TPSA) is 68.3 Å². The molecule has 290 valence electrons. The fourth-order valence-electron chi connectivity index (χ4n) is 6.77. The molecular weight excluding hydrogens is 612 g/mol. The van der Waals surface area contributed by atoms with Gasteiger partial charge < -0.3 is 19.1 Å². The number of esters is 2. The molecule has 1 unspecified atom stereocenters. The molecule has 0 amide bonds. The third-order valence-electron chi connectivity index (χ3n) is 10.2. The molecule has 7 nitrogen and oxygen atoms in total. The predicted octanol–water partition coefficient (Wildman–Crippen LogP) is 10.7. The molecule has 1 saturated heterocycles. The Morgan fingerprint density at radius 3 is 1.65 bits per heavy atom. The highest BCUT2D eigenvalue weighted by Gasteiger charge is 2.14. The smallest absolute Gasteiger partial charge is 0.306 e.